The van der Waals surface area contributed by atoms with E-state index in [1.54, 1.807) is 12.1 Å². The topological polar surface area (TPSA) is 96.0 Å². The molecule has 2 aromatic rings. The number of carbonyl (C=O) groups excluding carboxylic acids is 2. The van der Waals surface area contributed by atoms with E-state index in [0.717, 1.165) is 16.9 Å². The fourth-order valence-electron chi connectivity index (χ4n) is 4.04. The van der Waals surface area contributed by atoms with Crippen molar-refractivity contribution in [3.05, 3.63) is 48.0 Å². The van der Waals surface area contributed by atoms with Crippen LogP contribution >= 0.6 is 11.8 Å². The summed E-state index contributed by atoms with van der Waals surface area (Å²) in [5, 5.41) is 2.91. The number of nitrogens with one attached hydrogen (secondary N) is 1. The summed E-state index contributed by atoms with van der Waals surface area (Å²) >= 11 is 1.49. The second-order valence-electron chi connectivity index (χ2n) is 8.34. The number of hydrogen-bond donors (Lipinski definition) is 1. The van der Waals surface area contributed by atoms with Crippen molar-refractivity contribution in [2.75, 3.05) is 48.8 Å². The molecule has 0 bridgehead atoms. The number of aryl methyl sites for hydroxylation is 1. The number of fused-ring (bicyclic) bond motifs is 1. The van der Waals surface area contributed by atoms with Crippen molar-refractivity contribution >= 4 is 45.0 Å². The molecule has 2 amide bonds. The van der Waals surface area contributed by atoms with E-state index in [2.05, 4.69) is 5.32 Å². The van der Waals surface area contributed by atoms with Crippen LogP contribution in [0.5, 0.6) is 0 Å². The normalized spacial score (nSPS) is 19.4. The summed E-state index contributed by atoms with van der Waals surface area (Å²) in [7, 11) is -3.74. The van der Waals surface area contributed by atoms with Gasteiger partial charge in [-0.2, -0.15) is 4.31 Å². The molecule has 2 aliphatic heterocycles. The van der Waals surface area contributed by atoms with E-state index < -0.39 is 10.0 Å². The molecular weight excluding hydrogens is 474 g/mol. The van der Waals surface area contributed by atoms with Crippen LogP contribution in [0.2, 0.25) is 0 Å². The molecule has 1 saturated heterocycles. The van der Waals surface area contributed by atoms with E-state index >= 15 is 0 Å². The third kappa shape index (κ3) is 5.14. The van der Waals surface area contributed by atoms with E-state index in [-0.39, 0.29) is 42.3 Å². The molecule has 10 heteroatoms. The maximum atomic E-state index is 13.2. The minimum Gasteiger partial charge on any atom is -0.379 e. The van der Waals surface area contributed by atoms with Crippen LogP contribution in [0, 0.1) is 5.92 Å². The van der Waals surface area contributed by atoms with Gasteiger partial charge in [0.15, 0.2) is 0 Å². The summed E-state index contributed by atoms with van der Waals surface area (Å²) in [6.45, 7) is 4.90. The van der Waals surface area contributed by atoms with Crippen LogP contribution in [0.4, 0.5) is 11.4 Å². The lowest BCUT2D eigenvalue weighted by Gasteiger charge is -2.27. The lowest BCUT2D eigenvalue weighted by Crippen LogP contribution is -2.42. The quantitative estimate of drug-likeness (QED) is 0.651. The Kier molecular flexibility index (Phi) is 7.61. The van der Waals surface area contributed by atoms with E-state index in [1.165, 1.54) is 27.0 Å². The fourth-order valence-corrected chi connectivity index (χ4v) is 6.53. The maximum absolute atomic E-state index is 13.2. The van der Waals surface area contributed by atoms with Gasteiger partial charge in [0.05, 0.1) is 23.8 Å². The zero-order valence-corrected chi connectivity index (χ0v) is 21.0. The minimum absolute atomic E-state index is 0.109. The Bertz CT molecular complexity index is 1180. The second-order valence-corrected chi connectivity index (χ2v) is 11.3. The Morgan fingerprint density at radius 2 is 1.91 bits per heavy atom. The molecule has 0 aliphatic carbocycles. The molecule has 1 fully saturated rings. The zero-order valence-electron chi connectivity index (χ0n) is 19.3. The number of anilines is 2. The Morgan fingerprint density at radius 1 is 1.18 bits per heavy atom. The van der Waals surface area contributed by atoms with Gasteiger partial charge in [-0.25, -0.2) is 8.42 Å². The molecule has 0 spiro atoms. The Morgan fingerprint density at radius 3 is 2.65 bits per heavy atom. The fraction of sp³-hybridized carbons (Fsp3) is 0.417. The summed E-state index contributed by atoms with van der Waals surface area (Å²) in [4.78, 5) is 28.5. The van der Waals surface area contributed by atoms with Crippen LogP contribution in [-0.4, -0.2) is 63.1 Å². The average molecular weight is 504 g/mol. The molecule has 1 unspecified atom stereocenters. The van der Waals surface area contributed by atoms with Crippen LogP contribution in [-0.2, 0) is 30.8 Å². The highest BCUT2D eigenvalue weighted by molar-refractivity contribution is 7.99. The van der Waals surface area contributed by atoms with E-state index in [4.69, 9.17) is 4.74 Å². The number of rotatable bonds is 6. The van der Waals surface area contributed by atoms with Gasteiger partial charge in [-0.05, 0) is 36.2 Å². The number of morpholine rings is 1. The molecule has 1 N–H and O–H groups in total. The van der Waals surface area contributed by atoms with Gasteiger partial charge >= 0.3 is 0 Å². The predicted octanol–water partition coefficient (Wildman–Crippen LogP) is 2.98. The Labute approximate surface area is 204 Å². The first-order valence-electron chi connectivity index (χ1n) is 11.3. The van der Waals surface area contributed by atoms with Crippen molar-refractivity contribution in [2.45, 2.75) is 30.1 Å². The Hall–Kier alpha value is -2.40. The van der Waals surface area contributed by atoms with Crippen LogP contribution in [0.25, 0.3) is 0 Å². The van der Waals surface area contributed by atoms with Crippen molar-refractivity contribution in [1.82, 2.24) is 4.31 Å². The number of para-hydroxylation sites is 1. The summed E-state index contributed by atoms with van der Waals surface area (Å²) < 4.78 is 33.1. The molecule has 2 aliphatic rings. The van der Waals surface area contributed by atoms with Gasteiger partial charge in [-0.1, -0.05) is 32.0 Å². The molecule has 34 heavy (non-hydrogen) atoms. The molecule has 8 nitrogen and oxygen atoms in total. The van der Waals surface area contributed by atoms with Crippen molar-refractivity contribution in [3.63, 3.8) is 0 Å². The maximum Gasteiger partial charge on any atom is 0.244 e. The first-order valence-corrected chi connectivity index (χ1v) is 13.8. The van der Waals surface area contributed by atoms with Crippen molar-refractivity contribution in [1.29, 1.82) is 0 Å². The van der Waals surface area contributed by atoms with Crippen LogP contribution in [0.15, 0.2) is 52.3 Å². The number of carbonyl (C=O) groups is 2. The number of hydrogen-bond acceptors (Lipinski definition) is 6. The average Bonchev–Trinajstić information content (AvgIpc) is 2.96. The molecule has 0 aromatic heterocycles. The highest BCUT2D eigenvalue weighted by atomic mass is 32.2. The molecule has 0 saturated carbocycles. The van der Waals surface area contributed by atoms with Crippen LogP contribution in [0.1, 0.15) is 19.4 Å². The summed E-state index contributed by atoms with van der Waals surface area (Å²) in [5.74, 6) is -0.294. The highest BCUT2D eigenvalue weighted by Crippen LogP contribution is 2.38. The van der Waals surface area contributed by atoms with E-state index in [9.17, 15) is 18.0 Å². The van der Waals surface area contributed by atoms with Crippen LogP contribution in [0.3, 0.4) is 0 Å². The second kappa shape index (κ2) is 10.5. The smallest absolute Gasteiger partial charge is 0.244 e. The van der Waals surface area contributed by atoms with Gasteiger partial charge in [0, 0.05) is 35.3 Å². The molecule has 2 heterocycles. The van der Waals surface area contributed by atoms with E-state index in [1.807, 2.05) is 38.1 Å². The predicted molar refractivity (Wildman–Crippen MR) is 133 cm³/mol. The van der Waals surface area contributed by atoms with Gasteiger partial charge in [-0.15, -0.1) is 11.8 Å². The molecule has 1 atom stereocenters. The summed E-state index contributed by atoms with van der Waals surface area (Å²) in [5.41, 5.74) is 2.16. The first kappa shape index (κ1) is 24.7. The number of amides is 2. The lowest BCUT2D eigenvalue weighted by atomic mass is 10.1. The molecule has 2 aromatic carbocycles. The van der Waals surface area contributed by atoms with Crippen molar-refractivity contribution in [2.24, 2.45) is 5.92 Å². The zero-order chi connectivity index (χ0) is 24.3. The van der Waals surface area contributed by atoms with Gasteiger partial charge in [0.2, 0.25) is 21.8 Å². The largest absolute Gasteiger partial charge is 0.379 e. The number of benzene rings is 2. The highest BCUT2D eigenvalue weighted by Gasteiger charge is 2.32. The molecule has 182 valence electrons. The van der Waals surface area contributed by atoms with Gasteiger partial charge in [-0.3, -0.25) is 9.59 Å². The first-order chi connectivity index (χ1) is 16.3. The third-order valence-corrected chi connectivity index (χ3v) is 9.20. The third-order valence-electron chi connectivity index (χ3n) is 5.98. The van der Waals surface area contributed by atoms with Crippen LogP contribution < -0.4 is 10.2 Å². The number of sulfonamides is 1. The number of ether oxygens (including phenoxy) is 1. The molecular formula is C24H29N3O5S2. The van der Waals surface area contributed by atoms with Crippen molar-refractivity contribution in [3.8, 4) is 0 Å². The SMILES string of the molecule is CCc1ccccc1NC(=O)CN1C(=O)C(C)CSc2ccc(S(=O)(=O)N3CCOCC3)cc21. The van der Waals surface area contributed by atoms with Crippen molar-refractivity contribution < 1.29 is 22.7 Å². The summed E-state index contributed by atoms with van der Waals surface area (Å²) in [6.07, 6.45) is 0.762. The van der Waals surface area contributed by atoms with Gasteiger partial charge in [0.25, 0.3) is 0 Å². The summed E-state index contributed by atoms with van der Waals surface area (Å²) in [6, 6.07) is 12.4. The monoisotopic (exact) mass is 503 g/mol. The number of thioether (sulfide) groups is 1. The molecule has 0 radical (unpaired) electrons. The van der Waals surface area contributed by atoms with Gasteiger partial charge in [0.1, 0.15) is 6.54 Å². The Balaban J connectivity index is 1.65. The number of nitrogens with zero attached hydrogens (tertiary/aromatic N) is 2. The minimum atomic E-state index is -3.74. The molecule has 4 rings (SSSR count). The lowest BCUT2D eigenvalue weighted by molar-refractivity contribution is -0.123. The standard InChI is InChI=1S/C24H29N3O5S2/c1-3-18-6-4-5-7-20(18)25-23(28)15-27-21-14-19(34(30,31)26-10-12-32-13-11-26)8-9-22(21)33-16-17(2)24(27)29/h4-9,14,17H,3,10-13,15-16H2,1-2H3,(H,25,28). The van der Waals surface area contributed by atoms with E-state index in [0.29, 0.717) is 30.3 Å². The van der Waals surface area contributed by atoms with Gasteiger partial charge < -0.3 is 15.0 Å².